The zero-order valence-corrected chi connectivity index (χ0v) is 10.3. The first kappa shape index (κ1) is 11.2. The highest BCUT2D eigenvalue weighted by atomic mass is 16.3. The van der Waals surface area contributed by atoms with Crippen LogP contribution in [0, 0.1) is 0 Å². The van der Waals surface area contributed by atoms with E-state index in [1.54, 1.807) is 0 Å². The number of benzene rings is 1. The average Bonchev–Trinajstić information content (AvgIpc) is 2.69. The summed E-state index contributed by atoms with van der Waals surface area (Å²) in [5, 5.41) is 14.4. The van der Waals surface area contributed by atoms with Crippen LogP contribution in [0.15, 0.2) is 24.3 Å². The van der Waals surface area contributed by atoms with Crippen molar-refractivity contribution in [3.8, 4) is 0 Å². The molecule has 2 unspecified atom stereocenters. The van der Waals surface area contributed by atoms with Crippen LogP contribution in [0.3, 0.4) is 0 Å². The molecule has 3 rings (SSSR count). The summed E-state index contributed by atoms with van der Waals surface area (Å²) in [7, 11) is 0. The largest absolute Gasteiger partial charge is 0.385 e. The first-order valence-electron chi connectivity index (χ1n) is 6.82. The maximum absolute atomic E-state index is 10.9. The maximum Gasteiger partial charge on any atom is 0.0917 e. The fourth-order valence-corrected chi connectivity index (χ4v) is 3.39. The van der Waals surface area contributed by atoms with E-state index in [0.717, 1.165) is 25.8 Å². The topological polar surface area (TPSA) is 32.3 Å². The number of nitrogens with one attached hydrogen (secondary N) is 1. The van der Waals surface area contributed by atoms with Crippen molar-refractivity contribution >= 4 is 0 Å². The van der Waals surface area contributed by atoms with Gasteiger partial charge in [0.15, 0.2) is 0 Å². The molecular formula is C15H21NO. The van der Waals surface area contributed by atoms with Crippen LogP contribution in [0.5, 0.6) is 0 Å². The van der Waals surface area contributed by atoms with Crippen molar-refractivity contribution in [2.75, 3.05) is 6.54 Å². The van der Waals surface area contributed by atoms with Gasteiger partial charge in [-0.15, -0.1) is 0 Å². The molecule has 2 aliphatic rings. The zero-order chi connectivity index (χ0) is 11.7. The number of piperidine rings is 1. The fraction of sp³-hybridized carbons (Fsp3) is 0.600. The Morgan fingerprint density at radius 3 is 3.00 bits per heavy atom. The van der Waals surface area contributed by atoms with Crippen molar-refractivity contribution in [1.29, 1.82) is 0 Å². The lowest BCUT2D eigenvalue weighted by atomic mass is 9.86. The van der Waals surface area contributed by atoms with E-state index in [2.05, 4.69) is 23.5 Å². The van der Waals surface area contributed by atoms with Gasteiger partial charge in [-0.25, -0.2) is 0 Å². The minimum Gasteiger partial charge on any atom is -0.385 e. The second kappa shape index (κ2) is 4.43. The lowest BCUT2D eigenvalue weighted by molar-refractivity contribution is 0.0161. The van der Waals surface area contributed by atoms with Gasteiger partial charge in [0.2, 0.25) is 0 Å². The number of aryl methyl sites for hydroxylation is 1. The molecule has 0 saturated carbocycles. The third-order valence-electron chi connectivity index (χ3n) is 4.32. The summed E-state index contributed by atoms with van der Waals surface area (Å²) in [5.41, 5.74) is 1.93. The Bertz CT molecular complexity index is 398. The van der Waals surface area contributed by atoms with E-state index >= 15 is 0 Å². The van der Waals surface area contributed by atoms with Crippen molar-refractivity contribution in [2.45, 2.75) is 50.2 Å². The van der Waals surface area contributed by atoms with Crippen molar-refractivity contribution in [3.05, 3.63) is 35.4 Å². The maximum atomic E-state index is 10.9. The Hall–Kier alpha value is -0.860. The molecule has 0 amide bonds. The van der Waals surface area contributed by atoms with Crippen molar-refractivity contribution in [3.63, 3.8) is 0 Å². The number of fused-ring (bicyclic) bond motifs is 1. The Morgan fingerprint density at radius 2 is 2.18 bits per heavy atom. The van der Waals surface area contributed by atoms with Gasteiger partial charge in [-0.1, -0.05) is 30.7 Å². The first-order chi connectivity index (χ1) is 8.28. The van der Waals surface area contributed by atoms with Crippen molar-refractivity contribution < 1.29 is 5.11 Å². The van der Waals surface area contributed by atoms with Crippen LogP contribution in [0.25, 0.3) is 0 Å². The molecule has 92 valence electrons. The molecule has 0 aromatic heterocycles. The van der Waals surface area contributed by atoms with Gasteiger partial charge < -0.3 is 10.4 Å². The van der Waals surface area contributed by atoms with E-state index in [1.165, 1.54) is 30.4 Å². The van der Waals surface area contributed by atoms with Crippen LogP contribution >= 0.6 is 0 Å². The lowest BCUT2D eigenvalue weighted by Crippen LogP contribution is -2.40. The summed E-state index contributed by atoms with van der Waals surface area (Å²) in [6.45, 7) is 1.11. The summed E-state index contributed by atoms with van der Waals surface area (Å²) >= 11 is 0. The van der Waals surface area contributed by atoms with E-state index in [9.17, 15) is 5.11 Å². The second-order valence-corrected chi connectivity index (χ2v) is 5.54. The molecule has 1 aromatic carbocycles. The third kappa shape index (κ3) is 2.12. The number of rotatable bonds is 2. The molecule has 2 N–H and O–H groups in total. The molecule has 1 fully saturated rings. The number of hydrogen-bond donors (Lipinski definition) is 2. The van der Waals surface area contributed by atoms with Crippen LogP contribution in [0.1, 0.15) is 43.2 Å². The Morgan fingerprint density at radius 1 is 1.29 bits per heavy atom. The Kier molecular flexibility index (Phi) is 2.93. The summed E-state index contributed by atoms with van der Waals surface area (Å²) in [5.74, 6) is 0. The first-order valence-corrected chi connectivity index (χ1v) is 6.82. The summed E-state index contributed by atoms with van der Waals surface area (Å²) < 4.78 is 0. The molecule has 0 bridgehead atoms. The molecule has 17 heavy (non-hydrogen) atoms. The van der Waals surface area contributed by atoms with E-state index in [0.29, 0.717) is 6.04 Å². The molecule has 0 spiro atoms. The normalized spacial score (nSPS) is 32.4. The number of aliphatic hydroxyl groups is 1. The SMILES string of the molecule is OC1(CC2CCCCN2)CCc2ccccc21. The van der Waals surface area contributed by atoms with Crippen LogP contribution in [-0.4, -0.2) is 17.7 Å². The van der Waals surface area contributed by atoms with Gasteiger partial charge in [-0.3, -0.25) is 0 Å². The Balaban J connectivity index is 1.78. The van der Waals surface area contributed by atoms with Gasteiger partial charge in [0.25, 0.3) is 0 Å². The van der Waals surface area contributed by atoms with Crippen LogP contribution in [-0.2, 0) is 12.0 Å². The lowest BCUT2D eigenvalue weighted by Gasteiger charge is -2.32. The predicted octanol–water partition coefficient (Wildman–Crippen LogP) is 2.35. The molecule has 0 radical (unpaired) electrons. The molecular weight excluding hydrogens is 210 g/mol. The van der Waals surface area contributed by atoms with E-state index < -0.39 is 5.60 Å². The molecule has 1 heterocycles. The van der Waals surface area contributed by atoms with Gasteiger partial charge in [-0.05, 0) is 49.8 Å². The molecule has 2 nitrogen and oxygen atoms in total. The zero-order valence-electron chi connectivity index (χ0n) is 10.3. The Labute approximate surface area is 103 Å². The average molecular weight is 231 g/mol. The van der Waals surface area contributed by atoms with Crippen LogP contribution in [0.4, 0.5) is 0 Å². The van der Waals surface area contributed by atoms with Gasteiger partial charge in [0, 0.05) is 6.04 Å². The highest BCUT2D eigenvalue weighted by Gasteiger charge is 2.38. The van der Waals surface area contributed by atoms with E-state index in [1.807, 2.05) is 6.07 Å². The van der Waals surface area contributed by atoms with E-state index in [-0.39, 0.29) is 0 Å². The summed E-state index contributed by atoms with van der Waals surface area (Å²) in [6, 6.07) is 8.87. The molecule has 2 heteroatoms. The highest BCUT2D eigenvalue weighted by molar-refractivity contribution is 5.37. The smallest absolute Gasteiger partial charge is 0.0917 e. The molecule has 1 aliphatic heterocycles. The van der Waals surface area contributed by atoms with Gasteiger partial charge in [0.05, 0.1) is 5.60 Å². The third-order valence-corrected chi connectivity index (χ3v) is 4.32. The van der Waals surface area contributed by atoms with Gasteiger partial charge >= 0.3 is 0 Å². The van der Waals surface area contributed by atoms with Crippen molar-refractivity contribution in [1.82, 2.24) is 5.32 Å². The van der Waals surface area contributed by atoms with Gasteiger partial charge in [-0.2, -0.15) is 0 Å². The minimum atomic E-state index is -0.578. The molecule has 1 aromatic rings. The molecule has 2 atom stereocenters. The standard InChI is InChI=1S/C15H21NO/c17-15(11-13-6-3-4-10-16-13)9-8-12-5-1-2-7-14(12)15/h1-2,5,7,13,16-17H,3-4,6,8-11H2. The quantitative estimate of drug-likeness (QED) is 0.819. The summed E-state index contributed by atoms with van der Waals surface area (Å²) in [6.07, 6.45) is 6.60. The van der Waals surface area contributed by atoms with Gasteiger partial charge in [0.1, 0.15) is 0 Å². The number of hydrogen-bond acceptors (Lipinski definition) is 2. The summed E-state index contributed by atoms with van der Waals surface area (Å²) in [4.78, 5) is 0. The molecule has 1 saturated heterocycles. The highest BCUT2D eigenvalue weighted by Crippen LogP contribution is 2.40. The fourth-order valence-electron chi connectivity index (χ4n) is 3.39. The van der Waals surface area contributed by atoms with E-state index in [4.69, 9.17) is 0 Å². The monoisotopic (exact) mass is 231 g/mol. The predicted molar refractivity (Wildman–Crippen MR) is 68.9 cm³/mol. The second-order valence-electron chi connectivity index (χ2n) is 5.54. The van der Waals surface area contributed by atoms with Crippen molar-refractivity contribution in [2.24, 2.45) is 0 Å². The van der Waals surface area contributed by atoms with Crippen LogP contribution in [0.2, 0.25) is 0 Å². The minimum absolute atomic E-state index is 0.500. The van der Waals surface area contributed by atoms with Crippen LogP contribution < -0.4 is 5.32 Å². The molecule has 1 aliphatic carbocycles.